The van der Waals surface area contributed by atoms with Gasteiger partial charge >= 0.3 is 12.2 Å². The van der Waals surface area contributed by atoms with Crippen molar-refractivity contribution in [3.05, 3.63) is 0 Å². The van der Waals surface area contributed by atoms with Gasteiger partial charge in [-0.05, 0) is 33.6 Å². The molecule has 2 saturated heterocycles. The zero-order valence-electron chi connectivity index (χ0n) is 11.0. The normalized spacial score (nSPS) is 27.3. The van der Waals surface area contributed by atoms with Crippen molar-refractivity contribution in [2.45, 2.75) is 51.3 Å². The van der Waals surface area contributed by atoms with Gasteiger partial charge in [0.1, 0.15) is 5.60 Å². The zero-order valence-corrected chi connectivity index (χ0v) is 11.0. The number of fused-ring (bicyclic) bond motifs is 2. The molecule has 2 heterocycles. The third-order valence-corrected chi connectivity index (χ3v) is 3.36. The monoisotopic (exact) mass is 256 g/mol. The van der Waals surface area contributed by atoms with Crippen LogP contribution in [-0.2, 0) is 4.74 Å². The molecule has 0 aliphatic carbocycles. The van der Waals surface area contributed by atoms with Gasteiger partial charge in [0.05, 0.1) is 12.1 Å². The lowest BCUT2D eigenvalue weighted by Gasteiger charge is -2.40. The van der Waals surface area contributed by atoms with Gasteiger partial charge in [0.2, 0.25) is 0 Å². The van der Waals surface area contributed by atoms with E-state index in [4.69, 9.17) is 9.84 Å². The third-order valence-electron chi connectivity index (χ3n) is 3.36. The number of amides is 2. The summed E-state index contributed by atoms with van der Waals surface area (Å²) in [6.45, 7) is 6.29. The predicted molar refractivity (Wildman–Crippen MR) is 64.5 cm³/mol. The fourth-order valence-corrected chi connectivity index (χ4v) is 2.67. The molecule has 2 atom stereocenters. The number of carbonyl (C=O) groups is 2. The number of likely N-dealkylation sites (tertiary alicyclic amines) is 1. The predicted octanol–water partition coefficient (Wildman–Crippen LogP) is 1.75. The number of carbonyl (C=O) groups excluding carboxylic acids is 1. The fourth-order valence-electron chi connectivity index (χ4n) is 2.67. The standard InChI is InChI=1S/C12H20N2O4/c1-12(2,3)18-11(17)14-8-4-5-9(14)7-13(6-8)10(15)16/h8-9H,4-7H2,1-3H3,(H,15,16). The summed E-state index contributed by atoms with van der Waals surface area (Å²) in [6, 6.07) is -0.0654. The van der Waals surface area contributed by atoms with Crippen LogP contribution >= 0.6 is 0 Å². The molecule has 0 saturated carbocycles. The maximum atomic E-state index is 12.1. The second-order valence-corrected chi connectivity index (χ2v) is 5.96. The van der Waals surface area contributed by atoms with Crippen LogP contribution in [-0.4, -0.2) is 57.9 Å². The molecule has 2 amide bonds. The third kappa shape index (κ3) is 2.52. The van der Waals surface area contributed by atoms with E-state index in [2.05, 4.69) is 0 Å². The van der Waals surface area contributed by atoms with E-state index >= 15 is 0 Å². The molecule has 0 spiro atoms. The van der Waals surface area contributed by atoms with Crippen LogP contribution < -0.4 is 0 Å². The summed E-state index contributed by atoms with van der Waals surface area (Å²) in [5.41, 5.74) is -0.513. The number of carboxylic acid groups (broad SMARTS) is 1. The highest BCUT2D eigenvalue weighted by atomic mass is 16.6. The van der Waals surface area contributed by atoms with Crippen LogP contribution in [0.3, 0.4) is 0 Å². The Hall–Kier alpha value is -1.46. The molecule has 2 aliphatic heterocycles. The van der Waals surface area contributed by atoms with Crippen molar-refractivity contribution in [1.29, 1.82) is 0 Å². The van der Waals surface area contributed by atoms with Crippen molar-refractivity contribution in [3.63, 3.8) is 0 Å². The second kappa shape index (κ2) is 4.33. The lowest BCUT2D eigenvalue weighted by molar-refractivity contribution is -0.00285. The molecular formula is C12H20N2O4. The van der Waals surface area contributed by atoms with E-state index in [1.165, 1.54) is 4.90 Å². The number of ether oxygens (including phenoxy) is 1. The van der Waals surface area contributed by atoms with Crippen LogP contribution in [0.15, 0.2) is 0 Å². The summed E-state index contributed by atoms with van der Waals surface area (Å²) in [4.78, 5) is 26.2. The van der Waals surface area contributed by atoms with E-state index in [0.717, 1.165) is 12.8 Å². The maximum absolute atomic E-state index is 12.1. The molecule has 2 fully saturated rings. The first-order valence-electron chi connectivity index (χ1n) is 6.27. The molecule has 2 unspecified atom stereocenters. The van der Waals surface area contributed by atoms with Gasteiger partial charge in [-0.2, -0.15) is 0 Å². The van der Waals surface area contributed by atoms with E-state index in [9.17, 15) is 9.59 Å². The van der Waals surface area contributed by atoms with Crippen LogP contribution in [0.2, 0.25) is 0 Å². The van der Waals surface area contributed by atoms with Crippen molar-refractivity contribution < 1.29 is 19.4 Å². The van der Waals surface area contributed by atoms with Gasteiger partial charge in [-0.3, -0.25) is 4.90 Å². The Morgan fingerprint density at radius 1 is 1.17 bits per heavy atom. The fraction of sp³-hybridized carbons (Fsp3) is 0.833. The summed E-state index contributed by atoms with van der Waals surface area (Å²) in [5.74, 6) is 0. The number of rotatable bonds is 0. The van der Waals surface area contributed by atoms with Gasteiger partial charge < -0.3 is 14.7 Å². The van der Waals surface area contributed by atoms with Gasteiger partial charge in [-0.25, -0.2) is 9.59 Å². The van der Waals surface area contributed by atoms with Crippen molar-refractivity contribution in [2.24, 2.45) is 0 Å². The summed E-state index contributed by atoms with van der Waals surface area (Å²) in [7, 11) is 0. The average Bonchev–Trinajstić information content (AvgIpc) is 2.47. The lowest BCUT2D eigenvalue weighted by atomic mass is 10.2. The minimum absolute atomic E-state index is 0.0327. The Morgan fingerprint density at radius 3 is 2.06 bits per heavy atom. The number of hydrogen-bond acceptors (Lipinski definition) is 3. The Morgan fingerprint density at radius 2 is 1.67 bits per heavy atom. The summed E-state index contributed by atoms with van der Waals surface area (Å²) < 4.78 is 5.37. The Balaban J connectivity index is 2.05. The molecule has 2 rings (SSSR count). The first kappa shape index (κ1) is 13.0. The quantitative estimate of drug-likeness (QED) is 0.716. The van der Waals surface area contributed by atoms with Crippen molar-refractivity contribution in [3.8, 4) is 0 Å². The SMILES string of the molecule is CC(C)(C)OC(=O)N1C2CCC1CN(C(=O)O)C2. The van der Waals surface area contributed by atoms with E-state index in [1.54, 1.807) is 4.90 Å². The van der Waals surface area contributed by atoms with Crippen LogP contribution in [0.5, 0.6) is 0 Å². The number of piperazine rings is 1. The van der Waals surface area contributed by atoms with Crippen LogP contribution in [0.25, 0.3) is 0 Å². The van der Waals surface area contributed by atoms with Crippen LogP contribution in [0.1, 0.15) is 33.6 Å². The van der Waals surface area contributed by atoms with Crippen molar-refractivity contribution in [2.75, 3.05) is 13.1 Å². The summed E-state index contributed by atoms with van der Waals surface area (Å²) >= 11 is 0. The van der Waals surface area contributed by atoms with Gasteiger partial charge in [-0.1, -0.05) is 0 Å². The molecular weight excluding hydrogens is 236 g/mol. The molecule has 6 heteroatoms. The molecule has 0 aromatic heterocycles. The van der Waals surface area contributed by atoms with E-state index in [1.807, 2.05) is 20.8 Å². The summed E-state index contributed by atoms with van der Waals surface area (Å²) in [5, 5.41) is 9.00. The van der Waals surface area contributed by atoms with E-state index < -0.39 is 11.7 Å². The molecule has 0 radical (unpaired) electrons. The molecule has 1 N–H and O–H groups in total. The maximum Gasteiger partial charge on any atom is 0.410 e. The molecule has 0 aromatic carbocycles. The molecule has 2 aliphatic rings. The average molecular weight is 256 g/mol. The first-order chi connectivity index (χ1) is 8.28. The lowest BCUT2D eigenvalue weighted by Crippen LogP contribution is -2.57. The highest BCUT2D eigenvalue weighted by Gasteiger charge is 2.45. The zero-order chi connectivity index (χ0) is 13.5. The Labute approximate surface area is 106 Å². The van der Waals surface area contributed by atoms with Gasteiger partial charge in [0.15, 0.2) is 0 Å². The minimum atomic E-state index is -0.907. The smallest absolute Gasteiger partial charge is 0.410 e. The van der Waals surface area contributed by atoms with E-state index in [-0.39, 0.29) is 18.2 Å². The van der Waals surface area contributed by atoms with Gasteiger partial charge in [-0.15, -0.1) is 0 Å². The highest BCUT2D eigenvalue weighted by molar-refractivity contribution is 5.71. The second-order valence-electron chi connectivity index (χ2n) is 5.96. The molecule has 6 nitrogen and oxygen atoms in total. The highest BCUT2D eigenvalue weighted by Crippen LogP contribution is 2.31. The Kier molecular flexibility index (Phi) is 3.12. The van der Waals surface area contributed by atoms with Gasteiger partial charge in [0.25, 0.3) is 0 Å². The minimum Gasteiger partial charge on any atom is -0.465 e. The number of nitrogens with zero attached hydrogens (tertiary/aromatic N) is 2. The molecule has 18 heavy (non-hydrogen) atoms. The first-order valence-corrected chi connectivity index (χ1v) is 6.27. The van der Waals surface area contributed by atoms with Crippen molar-refractivity contribution in [1.82, 2.24) is 9.80 Å². The number of hydrogen-bond donors (Lipinski definition) is 1. The van der Waals surface area contributed by atoms with Crippen LogP contribution in [0.4, 0.5) is 9.59 Å². The topological polar surface area (TPSA) is 70.1 Å². The van der Waals surface area contributed by atoms with Crippen molar-refractivity contribution >= 4 is 12.2 Å². The van der Waals surface area contributed by atoms with Gasteiger partial charge in [0, 0.05) is 13.1 Å². The van der Waals surface area contributed by atoms with E-state index in [0.29, 0.717) is 13.1 Å². The van der Waals surface area contributed by atoms with Crippen LogP contribution in [0, 0.1) is 0 Å². The molecule has 2 bridgehead atoms. The molecule has 102 valence electrons. The molecule has 0 aromatic rings. The largest absolute Gasteiger partial charge is 0.465 e. The summed E-state index contributed by atoms with van der Waals surface area (Å²) in [6.07, 6.45) is 0.484. The Bertz CT molecular complexity index is 350.